The lowest BCUT2D eigenvalue weighted by atomic mass is 9.82. The maximum absolute atomic E-state index is 12.6. The Morgan fingerprint density at radius 3 is 2.69 bits per heavy atom. The molecule has 1 heterocycles. The van der Waals surface area contributed by atoms with Crippen molar-refractivity contribution in [3.8, 4) is 5.75 Å². The number of halogens is 1. The van der Waals surface area contributed by atoms with Crippen LogP contribution >= 0.6 is 11.6 Å². The Labute approximate surface area is 172 Å². The molecule has 0 saturated heterocycles. The van der Waals surface area contributed by atoms with E-state index in [0.717, 1.165) is 11.3 Å². The van der Waals surface area contributed by atoms with Gasteiger partial charge in [-0.05, 0) is 48.2 Å². The number of amides is 1. The van der Waals surface area contributed by atoms with E-state index in [0.29, 0.717) is 34.7 Å². The molecule has 1 aromatic heterocycles. The molecule has 0 aliphatic heterocycles. The van der Waals surface area contributed by atoms with Crippen LogP contribution in [0, 0.1) is 0 Å². The molecule has 6 nitrogen and oxygen atoms in total. The molecule has 1 amide bonds. The van der Waals surface area contributed by atoms with Gasteiger partial charge in [-0.2, -0.15) is 0 Å². The van der Waals surface area contributed by atoms with Gasteiger partial charge in [-0.1, -0.05) is 29.8 Å². The first-order valence-electron chi connectivity index (χ1n) is 9.13. The first-order chi connectivity index (χ1) is 14.0. The minimum atomic E-state index is -0.360. The number of fused-ring (bicyclic) bond motifs is 1. The maximum atomic E-state index is 12.6. The summed E-state index contributed by atoms with van der Waals surface area (Å²) >= 11 is 5.94. The van der Waals surface area contributed by atoms with Crippen molar-refractivity contribution in [2.75, 3.05) is 12.4 Å². The number of carbonyl (C=O) groups excluding carboxylic acids is 2. The Balaban J connectivity index is 1.56. The van der Waals surface area contributed by atoms with Crippen LogP contribution in [0.4, 0.5) is 5.95 Å². The van der Waals surface area contributed by atoms with Crippen molar-refractivity contribution in [3.63, 3.8) is 0 Å². The van der Waals surface area contributed by atoms with Gasteiger partial charge < -0.3 is 4.74 Å². The van der Waals surface area contributed by atoms with Gasteiger partial charge in [0.2, 0.25) is 5.95 Å². The van der Waals surface area contributed by atoms with E-state index < -0.39 is 0 Å². The van der Waals surface area contributed by atoms with E-state index in [-0.39, 0.29) is 23.6 Å². The minimum absolute atomic E-state index is 0.000198. The summed E-state index contributed by atoms with van der Waals surface area (Å²) in [5, 5.41) is 3.14. The summed E-state index contributed by atoms with van der Waals surface area (Å²) < 4.78 is 5.19. The monoisotopic (exact) mass is 407 g/mol. The Morgan fingerprint density at radius 1 is 1.17 bits per heavy atom. The SMILES string of the molecule is COc1ccc(C2CC(=O)c3cnc(NC(=O)c4cccc(Cl)c4)nc3C2)cc1. The van der Waals surface area contributed by atoms with Crippen LogP contribution in [0.2, 0.25) is 5.02 Å². The van der Waals surface area contributed by atoms with Gasteiger partial charge in [-0.15, -0.1) is 0 Å². The van der Waals surface area contributed by atoms with Crippen molar-refractivity contribution < 1.29 is 14.3 Å². The molecule has 146 valence electrons. The number of Topliss-reactive ketones (excluding diaryl/α,β-unsaturated/α-hetero) is 1. The zero-order valence-electron chi connectivity index (χ0n) is 15.7. The summed E-state index contributed by atoms with van der Waals surface area (Å²) in [7, 11) is 1.62. The van der Waals surface area contributed by atoms with E-state index in [1.807, 2.05) is 24.3 Å². The number of aromatic nitrogens is 2. The fourth-order valence-corrected chi connectivity index (χ4v) is 3.61. The van der Waals surface area contributed by atoms with Crippen LogP contribution in [0.15, 0.2) is 54.7 Å². The fourth-order valence-electron chi connectivity index (χ4n) is 3.42. The number of rotatable bonds is 4. The van der Waals surface area contributed by atoms with Gasteiger partial charge in [0.05, 0.1) is 18.4 Å². The number of nitrogens with zero attached hydrogens (tertiary/aromatic N) is 2. The molecule has 1 unspecified atom stereocenters. The molecule has 0 saturated carbocycles. The van der Waals surface area contributed by atoms with Crippen molar-refractivity contribution in [2.24, 2.45) is 0 Å². The summed E-state index contributed by atoms with van der Waals surface area (Å²) in [6, 6.07) is 14.3. The van der Waals surface area contributed by atoms with Crippen LogP contribution in [0.3, 0.4) is 0 Å². The molecule has 1 atom stereocenters. The molecule has 29 heavy (non-hydrogen) atoms. The lowest BCUT2D eigenvalue weighted by Gasteiger charge is -2.23. The van der Waals surface area contributed by atoms with Crippen LogP contribution < -0.4 is 10.1 Å². The van der Waals surface area contributed by atoms with Crippen molar-refractivity contribution in [1.29, 1.82) is 0 Å². The lowest BCUT2D eigenvalue weighted by Crippen LogP contribution is -2.22. The number of nitrogens with one attached hydrogen (secondary N) is 1. The van der Waals surface area contributed by atoms with Gasteiger partial charge in [0, 0.05) is 23.2 Å². The summed E-state index contributed by atoms with van der Waals surface area (Å²) in [4.78, 5) is 33.6. The smallest absolute Gasteiger partial charge is 0.258 e. The number of hydrogen-bond donors (Lipinski definition) is 1. The zero-order valence-corrected chi connectivity index (χ0v) is 16.4. The molecule has 7 heteroatoms. The van der Waals surface area contributed by atoms with Crippen LogP contribution in [0.1, 0.15) is 44.3 Å². The van der Waals surface area contributed by atoms with Crippen molar-refractivity contribution in [3.05, 3.63) is 82.1 Å². The van der Waals surface area contributed by atoms with Crippen molar-refractivity contribution >= 4 is 29.2 Å². The van der Waals surface area contributed by atoms with Gasteiger partial charge in [0.25, 0.3) is 5.91 Å². The van der Waals surface area contributed by atoms with E-state index in [4.69, 9.17) is 16.3 Å². The molecule has 0 spiro atoms. The number of ether oxygens (including phenoxy) is 1. The second kappa shape index (κ2) is 8.01. The number of ketones is 1. The predicted molar refractivity (Wildman–Crippen MR) is 110 cm³/mol. The maximum Gasteiger partial charge on any atom is 0.258 e. The van der Waals surface area contributed by atoms with Crippen LogP contribution in [-0.2, 0) is 6.42 Å². The predicted octanol–water partition coefficient (Wildman–Crippen LogP) is 4.30. The third-order valence-corrected chi connectivity index (χ3v) is 5.17. The third kappa shape index (κ3) is 4.12. The Kier molecular flexibility index (Phi) is 5.27. The van der Waals surface area contributed by atoms with Crippen molar-refractivity contribution in [1.82, 2.24) is 9.97 Å². The molecule has 0 bridgehead atoms. The molecule has 0 fully saturated rings. The Bertz CT molecular complexity index is 1080. The first-order valence-corrected chi connectivity index (χ1v) is 9.51. The number of carbonyl (C=O) groups is 2. The Hall–Kier alpha value is -3.25. The van der Waals surface area contributed by atoms with Crippen LogP contribution in [0.25, 0.3) is 0 Å². The highest BCUT2D eigenvalue weighted by Crippen LogP contribution is 2.32. The second-order valence-corrected chi connectivity index (χ2v) is 7.26. The highest BCUT2D eigenvalue weighted by atomic mass is 35.5. The lowest BCUT2D eigenvalue weighted by molar-refractivity contribution is 0.0962. The average Bonchev–Trinajstić information content (AvgIpc) is 2.73. The van der Waals surface area contributed by atoms with Gasteiger partial charge in [-0.25, -0.2) is 9.97 Å². The molecular formula is C22H18ClN3O3. The molecule has 0 radical (unpaired) electrons. The molecule has 4 rings (SSSR count). The highest BCUT2D eigenvalue weighted by Gasteiger charge is 2.28. The third-order valence-electron chi connectivity index (χ3n) is 4.94. The van der Waals surface area contributed by atoms with Gasteiger partial charge in [0.1, 0.15) is 5.75 Å². The van der Waals surface area contributed by atoms with E-state index in [9.17, 15) is 9.59 Å². The molecule has 1 aliphatic carbocycles. The van der Waals surface area contributed by atoms with Gasteiger partial charge in [-0.3, -0.25) is 14.9 Å². The minimum Gasteiger partial charge on any atom is -0.497 e. The molecule has 2 aromatic carbocycles. The largest absolute Gasteiger partial charge is 0.497 e. The quantitative estimate of drug-likeness (QED) is 0.697. The van der Waals surface area contributed by atoms with E-state index in [1.54, 1.807) is 31.4 Å². The highest BCUT2D eigenvalue weighted by molar-refractivity contribution is 6.31. The van der Waals surface area contributed by atoms with Crippen molar-refractivity contribution in [2.45, 2.75) is 18.8 Å². The number of hydrogen-bond acceptors (Lipinski definition) is 5. The molecule has 1 aliphatic rings. The molecule has 1 N–H and O–H groups in total. The van der Waals surface area contributed by atoms with Crippen LogP contribution in [-0.4, -0.2) is 28.8 Å². The topological polar surface area (TPSA) is 81.2 Å². The van der Waals surface area contributed by atoms with E-state index in [1.165, 1.54) is 6.20 Å². The molecular weight excluding hydrogens is 390 g/mol. The number of methoxy groups -OCH3 is 1. The summed E-state index contributed by atoms with van der Waals surface area (Å²) in [5.74, 6) is 0.592. The molecule has 3 aromatic rings. The zero-order chi connectivity index (χ0) is 20.4. The first kappa shape index (κ1) is 19.1. The van der Waals surface area contributed by atoms with Gasteiger partial charge in [0.15, 0.2) is 5.78 Å². The number of anilines is 1. The summed E-state index contributed by atoms with van der Waals surface area (Å²) in [5.41, 5.74) is 2.60. The fraction of sp³-hybridized carbons (Fsp3) is 0.182. The summed E-state index contributed by atoms with van der Waals surface area (Å²) in [6.07, 6.45) is 2.48. The second-order valence-electron chi connectivity index (χ2n) is 6.82. The van der Waals surface area contributed by atoms with Crippen LogP contribution in [0.5, 0.6) is 5.75 Å². The number of benzene rings is 2. The van der Waals surface area contributed by atoms with Gasteiger partial charge >= 0.3 is 0 Å². The van der Waals surface area contributed by atoms with E-state index >= 15 is 0 Å². The standard InChI is InChI=1S/C22H18ClN3O3/c1-29-17-7-5-13(6-8-17)15-10-19-18(20(27)11-15)12-24-22(25-19)26-21(28)14-3-2-4-16(23)9-14/h2-9,12,15H,10-11H2,1H3,(H,24,25,26,28). The average molecular weight is 408 g/mol. The van der Waals surface area contributed by atoms with E-state index in [2.05, 4.69) is 15.3 Å². The normalized spacial score (nSPS) is 15.5. The Morgan fingerprint density at radius 2 is 1.97 bits per heavy atom. The summed E-state index contributed by atoms with van der Waals surface area (Å²) in [6.45, 7) is 0.